The van der Waals surface area contributed by atoms with Gasteiger partial charge in [-0.15, -0.1) is 0 Å². The Morgan fingerprint density at radius 2 is 2.00 bits per heavy atom. The van der Waals surface area contributed by atoms with Crippen LogP contribution in [0.5, 0.6) is 0 Å². The van der Waals surface area contributed by atoms with Gasteiger partial charge in [-0.25, -0.2) is 0 Å². The summed E-state index contributed by atoms with van der Waals surface area (Å²) in [5, 5.41) is -0.150. The van der Waals surface area contributed by atoms with Crippen LogP contribution >= 0.6 is 0 Å². The highest BCUT2D eigenvalue weighted by molar-refractivity contribution is 6.45. The summed E-state index contributed by atoms with van der Waals surface area (Å²) < 4.78 is 0. The van der Waals surface area contributed by atoms with Crippen molar-refractivity contribution in [3.8, 4) is 0 Å². The van der Waals surface area contributed by atoms with E-state index in [0.717, 1.165) is 19.3 Å². The zero-order chi connectivity index (χ0) is 8.48. The Morgan fingerprint density at radius 3 is 2.36 bits per heavy atom. The Hall–Kier alpha value is 0.137. The molecule has 0 saturated heterocycles. The minimum Gasteiger partial charge on any atom is -0.409 e. The fraction of sp³-hybridized carbons (Fsp3) is 1.00. The van der Waals surface area contributed by atoms with Crippen molar-refractivity contribution in [3.05, 3.63) is 0 Å². The van der Waals surface area contributed by atoms with E-state index >= 15 is 0 Å². The van der Waals surface area contributed by atoms with Crippen molar-refractivity contribution in [2.75, 3.05) is 0 Å². The minimum atomic E-state index is -2.08. The van der Waals surface area contributed by atoms with E-state index in [-0.39, 0.29) is 5.04 Å². The molecule has 0 heterocycles. The third-order valence-electron chi connectivity index (χ3n) is 3.18. The van der Waals surface area contributed by atoms with E-state index in [2.05, 4.69) is 6.92 Å². The summed E-state index contributed by atoms with van der Waals surface area (Å²) in [6.07, 6.45) is 4.57. The van der Waals surface area contributed by atoms with Crippen molar-refractivity contribution in [1.82, 2.24) is 0 Å². The van der Waals surface area contributed by atoms with Gasteiger partial charge >= 0.3 is 9.28 Å². The van der Waals surface area contributed by atoms with Gasteiger partial charge in [-0.1, -0.05) is 33.1 Å². The van der Waals surface area contributed by atoms with E-state index in [0.29, 0.717) is 5.92 Å². The normalized spacial score (nSPS) is 39.5. The van der Waals surface area contributed by atoms with Crippen LogP contribution in [0.3, 0.4) is 0 Å². The quantitative estimate of drug-likeness (QED) is 0.589. The molecule has 11 heavy (non-hydrogen) atoms. The Labute approximate surface area is 70.1 Å². The highest BCUT2D eigenvalue weighted by Gasteiger charge is 2.42. The largest absolute Gasteiger partial charge is 0.409 e. The van der Waals surface area contributed by atoms with Gasteiger partial charge in [0.05, 0.1) is 0 Å². The topological polar surface area (TPSA) is 40.5 Å². The van der Waals surface area contributed by atoms with E-state index in [4.69, 9.17) is 0 Å². The first-order chi connectivity index (χ1) is 5.07. The Bertz CT molecular complexity index is 138. The monoisotopic (exact) mass is 173 g/mol. The van der Waals surface area contributed by atoms with Crippen LogP contribution in [0, 0.1) is 5.92 Å². The van der Waals surface area contributed by atoms with Gasteiger partial charge in [0, 0.05) is 5.04 Å². The lowest BCUT2D eigenvalue weighted by Crippen LogP contribution is -2.37. The van der Waals surface area contributed by atoms with Crippen LogP contribution in [-0.4, -0.2) is 18.9 Å². The van der Waals surface area contributed by atoms with Crippen LogP contribution < -0.4 is 0 Å². The second kappa shape index (κ2) is 3.25. The Balaban J connectivity index is 2.64. The predicted molar refractivity (Wildman–Crippen MR) is 46.2 cm³/mol. The van der Waals surface area contributed by atoms with Crippen molar-refractivity contribution in [3.63, 3.8) is 0 Å². The molecule has 1 aliphatic rings. The molecule has 2 nitrogen and oxygen atoms in total. The molecule has 2 N–H and O–H groups in total. The summed E-state index contributed by atoms with van der Waals surface area (Å²) in [7, 11) is -2.08. The van der Waals surface area contributed by atoms with Gasteiger partial charge in [0.25, 0.3) is 0 Å². The smallest absolute Gasteiger partial charge is 0.385 e. The maximum atomic E-state index is 9.26. The predicted octanol–water partition coefficient (Wildman–Crippen LogP) is 1.43. The highest BCUT2D eigenvalue weighted by Crippen LogP contribution is 2.47. The lowest BCUT2D eigenvalue weighted by Gasteiger charge is -2.38. The summed E-state index contributed by atoms with van der Waals surface area (Å²) >= 11 is 0. The molecule has 2 atom stereocenters. The summed E-state index contributed by atoms with van der Waals surface area (Å²) in [5.74, 6) is 0.486. The van der Waals surface area contributed by atoms with Crippen LogP contribution in [0.1, 0.15) is 39.5 Å². The first-order valence-electron chi connectivity index (χ1n) is 4.33. The van der Waals surface area contributed by atoms with Crippen LogP contribution in [-0.2, 0) is 0 Å². The molecule has 3 heteroatoms. The molecule has 0 amide bonds. The summed E-state index contributed by atoms with van der Waals surface area (Å²) in [6.45, 7) is 4.15. The number of hydrogen-bond donors (Lipinski definition) is 2. The molecule has 1 radical (unpaired) electrons. The Kier molecular flexibility index (Phi) is 2.73. The van der Waals surface area contributed by atoms with Crippen LogP contribution in [0.4, 0.5) is 0 Å². The van der Waals surface area contributed by atoms with E-state index in [9.17, 15) is 9.59 Å². The van der Waals surface area contributed by atoms with Crippen molar-refractivity contribution in [2.24, 2.45) is 5.92 Å². The molecule has 1 aliphatic carbocycles. The molecule has 2 unspecified atom stereocenters. The number of rotatable bonds is 1. The molecule has 1 rings (SSSR count). The van der Waals surface area contributed by atoms with Crippen LogP contribution in [0.25, 0.3) is 0 Å². The standard InChI is InChI=1S/C8H17O2Si/c1-7-5-3-4-6-8(7,2)11(9)10/h7,9-10H,3-6H2,1-2H3. The first kappa shape index (κ1) is 9.23. The van der Waals surface area contributed by atoms with Crippen molar-refractivity contribution in [1.29, 1.82) is 0 Å². The van der Waals surface area contributed by atoms with Crippen molar-refractivity contribution in [2.45, 2.75) is 44.6 Å². The molecule has 1 saturated carbocycles. The van der Waals surface area contributed by atoms with Gasteiger partial charge < -0.3 is 9.59 Å². The summed E-state index contributed by atoms with van der Waals surface area (Å²) in [4.78, 5) is 18.5. The Morgan fingerprint density at radius 1 is 1.36 bits per heavy atom. The SMILES string of the molecule is CC1CCCCC1(C)[Si](O)O. The third-order valence-corrected chi connectivity index (χ3v) is 4.95. The lowest BCUT2D eigenvalue weighted by atomic mass is 9.81. The maximum absolute atomic E-state index is 9.26. The molecule has 0 aromatic rings. The van der Waals surface area contributed by atoms with E-state index in [1.807, 2.05) is 6.92 Å². The van der Waals surface area contributed by atoms with E-state index < -0.39 is 9.28 Å². The maximum Gasteiger partial charge on any atom is 0.385 e. The molecule has 0 aromatic carbocycles. The molecule has 65 valence electrons. The zero-order valence-electron chi connectivity index (χ0n) is 7.30. The molecule has 0 aromatic heterocycles. The first-order valence-corrected chi connectivity index (χ1v) is 5.72. The molecule has 1 fully saturated rings. The van der Waals surface area contributed by atoms with Gasteiger partial charge in [-0.2, -0.15) is 0 Å². The summed E-state index contributed by atoms with van der Waals surface area (Å²) in [5.41, 5.74) is 0. The highest BCUT2D eigenvalue weighted by atomic mass is 28.3. The molecule has 0 bridgehead atoms. The average molecular weight is 173 g/mol. The molecule has 0 spiro atoms. The fourth-order valence-corrected chi connectivity index (χ4v) is 2.83. The van der Waals surface area contributed by atoms with Crippen molar-refractivity contribution >= 4 is 9.28 Å². The fourth-order valence-electron chi connectivity index (χ4n) is 1.84. The number of hydrogen-bond acceptors (Lipinski definition) is 2. The second-order valence-corrected chi connectivity index (χ2v) is 5.68. The third kappa shape index (κ3) is 1.66. The van der Waals surface area contributed by atoms with Gasteiger partial charge in [0.1, 0.15) is 0 Å². The van der Waals surface area contributed by atoms with Gasteiger partial charge in [0.2, 0.25) is 0 Å². The van der Waals surface area contributed by atoms with E-state index in [1.165, 1.54) is 6.42 Å². The summed E-state index contributed by atoms with van der Waals surface area (Å²) in [6, 6.07) is 0. The van der Waals surface area contributed by atoms with E-state index in [1.54, 1.807) is 0 Å². The molecular weight excluding hydrogens is 156 g/mol. The lowest BCUT2D eigenvalue weighted by molar-refractivity contribution is 0.225. The molecular formula is C8H17O2Si. The van der Waals surface area contributed by atoms with Crippen molar-refractivity contribution < 1.29 is 9.59 Å². The van der Waals surface area contributed by atoms with Crippen LogP contribution in [0.15, 0.2) is 0 Å². The zero-order valence-corrected chi connectivity index (χ0v) is 8.30. The second-order valence-electron chi connectivity index (χ2n) is 3.89. The van der Waals surface area contributed by atoms with Crippen LogP contribution in [0.2, 0.25) is 5.04 Å². The van der Waals surface area contributed by atoms with Gasteiger partial charge in [0.15, 0.2) is 0 Å². The molecule has 0 aliphatic heterocycles. The van der Waals surface area contributed by atoms with Gasteiger partial charge in [-0.05, 0) is 12.3 Å². The minimum absolute atomic E-state index is 0.150. The van der Waals surface area contributed by atoms with Gasteiger partial charge in [-0.3, -0.25) is 0 Å². The average Bonchev–Trinajstić information content (AvgIpc) is 1.95.